The summed E-state index contributed by atoms with van der Waals surface area (Å²) in [6, 6.07) is 13.6. The van der Waals surface area contributed by atoms with Crippen LogP contribution in [0, 0.1) is 6.92 Å². The van der Waals surface area contributed by atoms with Crippen LogP contribution in [-0.4, -0.2) is 12.5 Å². The first kappa shape index (κ1) is 16.6. The van der Waals surface area contributed by atoms with E-state index in [1.165, 1.54) is 5.56 Å². The maximum absolute atomic E-state index is 12.0. The van der Waals surface area contributed by atoms with Crippen molar-refractivity contribution in [3.05, 3.63) is 58.1 Å². The zero-order valence-electron chi connectivity index (χ0n) is 13.0. The van der Waals surface area contributed by atoms with Crippen molar-refractivity contribution in [2.24, 2.45) is 0 Å². The molecule has 22 heavy (non-hydrogen) atoms. The highest BCUT2D eigenvalue weighted by atomic mass is 79.9. The van der Waals surface area contributed by atoms with Gasteiger partial charge < -0.3 is 10.1 Å². The van der Waals surface area contributed by atoms with E-state index in [-0.39, 0.29) is 12.5 Å². The van der Waals surface area contributed by atoms with Gasteiger partial charge in [0.15, 0.2) is 6.61 Å². The standard InChI is InChI=1S/C18H20BrNO2/c1-12(2)14-5-4-6-15(10-14)22-11-18(21)20-17-8-7-13(3)9-16(17)19/h4-10,12H,11H2,1-3H3,(H,20,21). The zero-order valence-corrected chi connectivity index (χ0v) is 14.6. The Balaban J connectivity index is 1.94. The average Bonchev–Trinajstić information content (AvgIpc) is 2.48. The second kappa shape index (κ2) is 7.45. The first-order chi connectivity index (χ1) is 10.5. The number of carbonyl (C=O) groups is 1. The van der Waals surface area contributed by atoms with E-state index in [2.05, 4.69) is 41.2 Å². The van der Waals surface area contributed by atoms with Crippen molar-refractivity contribution in [2.45, 2.75) is 26.7 Å². The van der Waals surface area contributed by atoms with Crippen LogP contribution in [0.5, 0.6) is 5.75 Å². The molecule has 4 heteroatoms. The number of rotatable bonds is 5. The molecule has 0 aromatic heterocycles. The molecule has 0 bridgehead atoms. The Morgan fingerprint density at radius 1 is 1.23 bits per heavy atom. The van der Waals surface area contributed by atoms with E-state index < -0.39 is 0 Å². The van der Waals surface area contributed by atoms with Gasteiger partial charge in [0.1, 0.15) is 5.75 Å². The molecule has 0 saturated carbocycles. The van der Waals surface area contributed by atoms with Gasteiger partial charge in [0.25, 0.3) is 5.91 Å². The Bertz CT molecular complexity index is 668. The quantitative estimate of drug-likeness (QED) is 0.822. The largest absolute Gasteiger partial charge is 0.484 e. The Kier molecular flexibility index (Phi) is 5.61. The summed E-state index contributed by atoms with van der Waals surface area (Å²) < 4.78 is 6.43. The summed E-state index contributed by atoms with van der Waals surface area (Å²) in [5, 5.41) is 2.83. The summed E-state index contributed by atoms with van der Waals surface area (Å²) in [7, 11) is 0. The first-order valence-electron chi connectivity index (χ1n) is 7.24. The van der Waals surface area contributed by atoms with E-state index in [9.17, 15) is 4.79 Å². The monoisotopic (exact) mass is 361 g/mol. The Morgan fingerprint density at radius 2 is 2.00 bits per heavy atom. The highest BCUT2D eigenvalue weighted by Crippen LogP contribution is 2.23. The van der Waals surface area contributed by atoms with Gasteiger partial charge in [0.05, 0.1) is 5.69 Å². The van der Waals surface area contributed by atoms with Gasteiger partial charge in [-0.2, -0.15) is 0 Å². The molecule has 1 N–H and O–H groups in total. The Morgan fingerprint density at radius 3 is 2.68 bits per heavy atom. The van der Waals surface area contributed by atoms with Gasteiger partial charge in [-0.1, -0.05) is 32.0 Å². The van der Waals surface area contributed by atoms with Crippen LogP contribution >= 0.6 is 15.9 Å². The number of ether oxygens (including phenoxy) is 1. The van der Waals surface area contributed by atoms with Gasteiger partial charge in [0.2, 0.25) is 0 Å². The minimum Gasteiger partial charge on any atom is -0.484 e. The van der Waals surface area contributed by atoms with E-state index in [1.54, 1.807) is 0 Å². The molecule has 0 atom stereocenters. The van der Waals surface area contributed by atoms with E-state index in [0.717, 1.165) is 15.7 Å². The third kappa shape index (κ3) is 4.60. The van der Waals surface area contributed by atoms with Crippen molar-refractivity contribution in [1.82, 2.24) is 0 Å². The van der Waals surface area contributed by atoms with Crippen LogP contribution in [0.15, 0.2) is 46.9 Å². The van der Waals surface area contributed by atoms with Gasteiger partial charge in [0, 0.05) is 4.47 Å². The molecule has 0 radical (unpaired) electrons. The molecule has 3 nitrogen and oxygen atoms in total. The van der Waals surface area contributed by atoms with Crippen molar-refractivity contribution in [3.63, 3.8) is 0 Å². The molecular weight excluding hydrogens is 342 g/mol. The molecule has 0 heterocycles. The van der Waals surface area contributed by atoms with E-state index >= 15 is 0 Å². The molecule has 0 saturated heterocycles. The number of hydrogen-bond donors (Lipinski definition) is 1. The van der Waals surface area contributed by atoms with Crippen molar-refractivity contribution in [1.29, 1.82) is 0 Å². The zero-order chi connectivity index (χ0) is 16.1. The van der Waals surface area contributed by atoms with Crippen LogP contribution < -0.4 is 10.1 Å². The first-order valence-corrected chi connectivity index (χ1v) is 8.04. The summed E-state index contributed by atoms with van der Waals surface area (Å²) in [6.07, 6.45) is 0. The van der Waals surface area contributed by atoms with Gasteiger partial charge in [-0.25, -0.2) is 0 Å². The normalized spacial score (nSPS) is 10.6. The lowest BCUT2D eigenvalue weighted by Crippen LogP contribution is -2.20. The lowest BCUT2D eigenvalue weighted by atomic mass is 10.0. The maximum Gasteiger partial charge on any atom is 0.262 e. The average molecular weight is 362 g/mol. The summed E-state index contributed by atoms with van der Waals surface area (Å²) in [5.41, 5.74) is 3.07. The number of hydrogen-bond acceptors (Lipinski definition) is 2. The van der Waals surface area contributed by atoms with Gasteiger partial charge >= 0.3 is 0 Å². The van der Waals surface area contributed by atoms with Crippen LogP contribution in [0.1, 0.15) is 30.9 Å². The maximum atomic E-state index is 12.0. The molecule has 0 unspecified atom stereocenters. The SMILES string of the molecule is Cc1ccc(NC(=O)COc2cccc(C(C)C)c2)c(Br)c1. The number of halogens is 1. The third-order valence-electron chi connectivity index (χ3n) is 3.29. The predicted octanol–water partition coefficient (Wildman–Crippen LogP) is 4.90. The minimum absolute atomic E-state index is 0.0120. The van der Waals surface area contributed by atoms with Crippen LogP contribution in [0.4, 0.5) is 5.69 Å². The molecule has 2 rings (SSSR count). The fourth-order valence-electron chi connectivity index (χ4n) is 2.02. The molecule has 2 aromatic carbocycles. The molecule has 116 valence electrons. The lowest BCUT2D eigenvalue weighted by molar-refractivity contribution is -0.118. The summed E-state index contributed by atoms with van der Waals surface area (Å²) >= 11 is 3.44. The van der Waals surface area contributed by atoms with Crippen LogP contribution in [0.25, 0.3) is 0 Å². The highest BCUT2D eigenvalue weighted by molar-refractivity contribution is 9.10. The molecule has 0 spiro atoms. The second-order valence-electron chi connectivity index (χ2n) is 5.55. The highest BCUT2D eigenvalue weighted by Gasteiger charge is 2.07. The fourth-order valence-corrected chi connectivity index (χ4v) is 2.61. The molecule has 2 aromatic rings. The molecule has 1 amide bonds. The number of amides is 1. The Labute approximate surface area is 139 Å². The summed E-state index contributed by atoms with van der Waals surface area (Å²) in [5.74, 6) is 0.963. The van der Waals surface area contributed by atoms with Crippen molar-refractivity contribution >= 4 is 27.5 Å². The number of nitrogens with one attached hydrogen (secondary N) is 1. The lowest BCUT2D eigenvalue weighted by Gasteiger charge is -2.11. The minimum atomic E-state index is -0.181. The van der Waals surface area contributed by atoms with Crippen LogP contribution in [0.2, 0.25) is 0 Å². The summed E-state index contributed by atoms with van der Waals surface area (Å²) in [6.45, 7) is 6.24. The second-order valence-corrected chi connectivity index (χ2v) is 6.40. The van der Waals surface area contributed by atoms with Crippen LogP contribution in [0.3, 0.4) is 0 Å². The number of carbonyl (C=O) groups excluding carboxylic acids is 1. The van der Waals surface area contributed by atoms with Crippen molar-refractivity contribution < 1.29 is 9.53 Å². The Hall–Kier alpha value is -1.81. The molecule has 0 aliphatic heterocycles. The number of benzene rings is 2. The van der Waals surface area contributed by atoms with Crippen LogP contribution in [-0.2, 0) is 4.79 Å². The van der Waals surface area contributed by atoms with Crippen molar-refractivity contribution in [2.75, 3.05) is 11.9 Å². The smallest absolute Gasteiger partial charge is 0.262 e. The van der Waals surface area contributed by atoms with Gasteiger partial charge in [-0.05, 0) is 64.2 Å². The number of anilines is 1. The molecule has 0 fully saturated rings. The molecule has 0 aliphatic carbocycles. The molecular formula is C18H20BrNO2. The molecule has 0 aliphatic rings. The topological polar surface area (TPSA) is 38.3 Å². The number of aryl methyl sites for hydroxylation is 1. The fraction of sp³-hybridized carbons (Fsp3) is 0.278. The van der Waals surface area contributed by atoms with Gasteiger partial charge in [-0.3, -0.25) is 4.79 Å². The third-order valence-corrected chi connectivity index (χ3v) is 3.95. The van der Waals surface area contributed by atoms with E-state index in [4.69, 9.17) is 4.74 Å². The van der Waals surface area contributed by atoms with Gasteiger partial charge in [-0.15, -0.1) is 0 Å². The summed E-state index contributed by atoms with van der Waals surface area (Å²) in [4.78, 5) is 12.0. The van der Waals surface area contributed by atoms with E-state index in [1.807, 2.05) is 43.3 Å². The van der Waals surface area contributed by atoms with E-state index in [0.29, 0.717) is 11.7 Å². The van der Waals surface area contributed by atoms with Crippen molar-refractivity contribution in [3.8, 4) is 5.75 Å². The predicted molar refractivity (Wildman–Crippen MR) is 93.5 cm³/mol.